The lowest BCUT2D eigenvalue weighted by molar-refractivity contribution is -0.135. The summed E-state index contributed by atoms with van der Waals surface area (Å²) in [4.78, 5) is 30.7. The molecule has 0 saturated carbocycles. The number of fused-ring (bicyclic) bond motifs is 1. The second-order valence-corrected chi connectivity index (χ2v) is 9.80. The van der Waals surface area contributed by atoms with Gasteiger partial charge in [-0.15, -0.1) is 11.3 Å². The van der Waals surface area contributed by atoms with Crippen LogP contribution in [0.1, 0.15) is 44.2 Å². The molecule has 1 aliphatic rings. The van der Waals surface area contributed by atoms with Gasteiger partial charge in [0.1, 0.15) is 24.7 Å². The maximum absolute atomic E-state index is 13.4. The Bertz CT molecular complexity index is 913. The van der Waals surface area contributed by atoms with E-state index in [4.69, 9.17) is 4.74 Å². The molecular formula is C24H32FN3O3S. The lowest BCUT2D eigenvalue weighted by Gasteiger charge is -2.37. The fourth-order valence-corrected chi connectivity index (χ4v) is 4.76. The number of hydrogen-bond acceptors (Lipinski definition) is 4. The Morgan fingerprint density at radius 1 is 1.22 bits per heavy atom. The Morgan fingerprint density at radius 2 is 1.94 bits per heavy atom. The molecule has 6 nitrogen and oxygen atoms in total. The largest absolute Gasteiger partial charge is 0.491 e. The number of nitrogens with one attached hydrogen (secondary N) is 1. The molecule has 0 aliphatic carbocycles. The number of hydrogen-bond donors (Lipinski definition) is 1. The molecule has 3 amide bonds. The van der Waals surface area contributed by atoms with E-state index in [0.29, 0.717) is 18.8 Å². The SMILES string of the molecule is CC(C)CN(CC(=O)N1CCc2sccc2C1COc1ccc(F)cc1)C(=O)NC(C)C. The Kier molecular flexibility index (Phi) is 8.12. The molecule has 1 N–H and O–H groups in total. The van der Waals surface area contributed by atoms with Crippen LogP contribution in [0.4, 0.5) is 9.18 Å². The van der Waals surface area contributed by atoms with Gasteiger partial charge in [0.15, 0.2) is 0 Å². The number of carbonyl (C=O) groups excluding carboxylic acids is 2. The minimum atomic E-state index is -0.322. The second kappa shape index (κ2) is 10.8. The highest BCUT2D eigenvalue weighted by Gasteiger charge is 2.33. The molecule has 0 spiro atoms. The predicted octanol–water partition coefficient (Wildman–Crippen LogP) is 4.47. The number of rotatable bonds is 8. The van der Waals surface area contributed by atoms with Crippen LogP contribution < -0.4 is 10.1 Å². The molecule has 32 heavy (non-hydrogen) atoms. The standard InChI is InChI=1S/C24H32FN3O3S/c1-16(2)13-27(24(30)26-17(3)4)14-23(29)28-11-9-22-20(10-12-32-22)21(28)15-31-19-7-5-18(25)6-8-19/h5-8,10,12,16-17,21H,9,11,13-15H2,1-4H3,(H,26,30). The molecule has 174 valence electrons. The monoisotopic (exact) mass is 461 g/mol. The zero-order chi connectivity index (χ0) is 23.3. The fraction of sp³-hybridized carbons (Fsp3) is 0.500. The minimum absolute atomic E-state index is 0.00697. The molecule has 8 heteroatoms. The first-order valence-electron chi connectivity index (χ1n) is 11.0. The fourth-order valence-electron chi connectivity index (χ4n) is 3.83. The van der Waals surface area contributed by atoms with Crippen molar-refractivity contribution in [1.82, 2.24) is 15.1 Å². The first-order valence-corrected chi connectivity index (χ1v) is 11.9. The number of nitrogens with zero attached hydrogens (tertiary/aromatic N) is 2. The smallest absolute Gasteiger partial charge is 0.318 e. The summed E-state index contributed by atoms with van der Waals surface area (Å²) in [6, 6.07) is 7.42. The van der Waals surface area contributed by atoms with Crippen LogP contribution in [0.25, 0.3) is 0 Å². The first kappa shape index (κ1) is 24.0. The van der Waals surface area contributed by atoms with Crippen molar-refractivity contribution in [2.75, 3.05) is 26.2 Å². The number of ether oxygens (including phenoxy) is 1. The van der Waals surface area contributed by atoms with E-state index in [2.05, 4.69) is 5.32 Å². The van der Waals surface area contributed by atoms with Gasteiger partial charge in [0.2, 0.25) is 5.91 Å². The lowest BCUT2D eigenvalue weighted by Crippen LogP contribution is -2.51. The Hall–Kier alpha value is -2.61. The van der Waals surface area contributed by atoms with Crippen molar-refractivity contribution in [3.05, 3.63) is 52.0 Å². The summed E-state index contributed by atoms with van der Waals surface area (Å²) >= 11 is 1.68. The van der Waals surface area contributed by atoms with Gasteiger partial charge in [-0.25, -0.2) is 9.18 Å². The van der Waals surface area contributed by atoms with E-state index in [1.807, 2.05) is 44.0 Å². The first-order chi connectivity index (χ1) is 15.2. The molecule has 1 aliphatic heterocycles. The number of benzene rings is 1. The van der Waals surface area contributed by atoms with Gasteiger partial charge in [-0.3, -0.25) is 4.79 Å². The number of urea groups is 1. The van der Waals surface area contributed by atoms with Crippen molar-refractivity contribution < 1.29 is 18.7 Å². The Labute approximate surface area is 193 Å². The topological polar surface area (TPSA) is 61.9 Å². The van der Waals surface area contributed by atoms with Crippen LogP contribution in [0.5, 0.6) is 5.75 Å². The molecule has 2 aromatic rings. The van der Waals surface area contributed by atoms with Crippen LogP contribution in [0.15, 0.2) is 35.7 Å². The summed E-state index contributed by atoms with van der Waals surface area (Å²) in [5, 5.41) is 4.93. The molecule has 1 atom stereocenters. The summed E-state index contributed by atoms with van der Waals surface area (Å²) in [6.45, 7) is 9.21. The van der Waals surface area contributed by atoms with Crippen LogP contribution in [-0.2, 0) is 11.2 Å². The van der Waals surface area contributed by atoms with Crippen LogP contribution in [0.3, 0.4) is 0 Å². The van der Waals surface area contributed by atoms with Crippen LogP contribution in [-0.4, -0.2) is 54.0 Å². The van der Waals surface area contributed by atoms with Crippen molar-refractivity contribution in [1.29, 1.82) is 0 Å². The molecule has 0 radical (unpaired) electrons. The van der Waals surface area contributed by atoms with Gasteiger partial charge in [-0.1, -0.05) is 13.8 Å². The maximum Gasteiger partial charge on any atom is 0.318 e. The van der Waals surface area contributed by atoms with Crippen molar-refractivity contribution in [3.63, 3.8) is 0 Å². The maximum atomic E-state index is 13.4. The van der Waals surface area contributed by atoms with Gasteiger partial charge in [0.05, 0.1) is 6.04 Å². The molecule has 3 rings (SSSR count). The van der Waals surface area contributed by atoms with Gasteiger partial charge in [0.25, 0.3) is 0 Å². The predicted molar refractivity (Wildman–Crippen MR) is 124 cm³/mol. The van der Waals surface area contributed by atoms with E-state index >= 15 is 0 Å². The average Bonchev–Trinajstić information content (AvgIpc) is 3.20. The zero-order valence-electron chi connectivity index (χ0n) is 19.1. The van der Waals surface area contributed by atoms with Crippen molar-refractivity contribution in [2.45, 2.75) is 46.2 Å². The van der Waals surface area contributed by atoms with E-state index < -0.39 is 0 Å². The third-order valence-corrected chi connectivity index (χ3v) is 6.24. The molecule has 0 fully saturated rings. The molecule has 1 unspecified atom stereocenters. The average molecular weight is 462 g/mol. The molecule has 0 saturated heterocycles. The van der Waals surface area contributed by atoms with E-state index in [1.54, 1.807) is 28.4 Å². The summed E-state index contributed by atoms with van der Waals surface area (Å²) in [7, 11) is 0. The van der Waals surface area contributed by atoms with Crippen LogP contribution >= 0.6 is 11.3 Å². The quantitative estimate of drug-likeness (QED) is 0.631. The van der Waals surface area contributed by atoms with Crippen molar-refractivity contribution in [2.24, 2.45) is 5.92 Å². The van der Waals surface area contributed by atoms with Crippen LogP contribution in [0, 0.1) is 11.7 Å². The van der Waals surface area contributed by atoms with E-state index in [9.17, 15) is 14.0 Å². The van der Waals surface area contributed by atoms with E-state index in [1.165, 1.54) is 17.0 Å². The van der Waals surface area contributed by atoms with Gasteiger partial charge >= 0.3 is 6.03 Å². The van der Waals surface area contributed by atoms with Crippen molar-refractivity contribution >= 4 is 23.3 Å². The van der Waals surface area contributed by atoms with Gasteiger partial charge in [-0.05, 0) is 67.5 Å². The summed E-state index contributed by atoms with van der Waals surface area (Å²) < 4.78 is 19.1. The number of thiophene rings is 1. The van der Waals surface area contributed by atoms with Crippen molar-refractivity contribution in [3.8, 4) is 5.75 Å². The highest BCUT2D eigenvalue weighted by molar-refractivity contribution is 7.10. The summed E-state index contributed by atoms with van der Waals surface area (Å²) in [6.07, 6.45) is 0.786. The number of amides is 3. The van der Waals surface area contributed by atoms with E-state index in [0.717, 1.165) is 12.0 Å². The second-order valence-electron chi connectivity index (χ2n) is 8.80. The number of halogens is 1. The third kappa shape index (κ3) is 6.22. The molecule has 1 aromatic carbocycles. The lowest BCUT2D eigenvalue weighted by atomic mass is 10.0. The molecule has 2 heterocycles. The summed E-state index contributed by atoms with van der Waals surface area (Å²) in [5.41, 5.74) is 1.08. The molecule has 0 bridgehead atoms. The highest BCUT2D eigenvalue weighted by Crippen LogP contribution is 2.34. The number of carbonyl (C=O) groups is 2. The molecule has 1 aromatic heterocycles. The Morgan fingerprint density at radius 3 is 2.59 bits per heavy atom. The minimum Gasteiger partial charge on any atom is -0.491 e. The van der Waals surface area contributed by atoms with Crippen LogP contribution in [0.2, 0.25) is 0 Å². The normalized spacial score (nSPS) is 15.6. The molecular weight excluding hydrogens is 429 g/mol. The van der Waals surface area contributed by atoms with Gasteiger partial charge in [0, 0.05) is 24.0 Å². The van der Waals surface area contributed by atoms with E-state index in [-0.39, 0.29) is 48.9 Å². The third-order valence-electron chi connectivity index (χ3n) is 5.25. The Balaban J connectivity index is 1.75. The zero-order valence-corrected chi connectivity index (χ0v) is 20.0. The van der Waals surface area contributed by atoms with Gasteiger partial charge < -0.3 is 19.9 Å². The van der Waals surface area contributed by atoms with Gasteiger partial charge in [-0.2, -0.15) is 0 Å². The summed E-state index contributed by atoms with van der Waals surface area (Å²) in [5.74, 6) is 0.369. The highest BCUT2D eigenvalue weighted by atomic mass is 32.1.